The molecule has 0 bridgehead atoms. The number of nitrogens with zero attached hydrogens (tertiary/aromatic N) is 1. The largest absolute Gasteiger partial charge is 0.478 e. The topological polar surface area (TPSA) is 83.1 Å². The Morgan fingerprint density at radius 2 is 1.71 bits per heavy atom. The molecule has 0 radical (unpaired) electrons. The number of carboxylic acids is 1. The van der Waals surface area contributed by atoms with E-state index in [1.165, 1.54) is 6.92 Å². The second-order valence-corrected chi connectivity index (χ2v) is 5.27. The Hall–Kier alpha value is -2.43. The number of ketones is 1. The van der Waals surface area contributed by atoms with Gasteiger partial charge in [0.2, 0.25) is 0 Å². The number of carbonyl (C=O) groups is 2. The van der Waals surface area contributed by atoms with Gasteiger partial charge < -0.3 is 10.1 Å². The van der Waals surface area contributed by atoms with Crippen molar-refractivity contribution in [2.24, 2.45) is 0 Å². The summed E-state index contributed by atoms with van der Waals surface area (Å²) >= 11 is 0. The monoisotopic (exact) mass is 286 g/mol. The summed E-state index contributed by atoms with van der Waals surface area (Å²) in [6.45, 7) is 8.90. The number of benzene rings is 1. The molecule has 0 amide bonds. The predicted octanol–water partition coefficient (Wildman–Crippen LogP) is 3.21. The van der Waals surface area contributed by atoms with Crippen molar-refractivity contribution in [2.75, 3.05) is 0 Å². The lowest BCUT2D eigenvalue weighted by Crippen LogP contribution is -2.04. The normalized spacial score (nSPS) is 10.7. The summed E-state index contributed by atoms with van der Waals surface area (Å²) in [6, 6.07) is 1.63. The molecule has 0 aliphatic rings. The molecule has 1 aromatic carbocycles. The first-order chi connectivity index (χ1) is 9.73. The van der Waals surface area contributed by atoms with Crippen molar-refractivity contribution >= 4 is 11.8 Å². The number of carbonyl (C=O) groups excluding carboxylic acids is 1. The molecule has 0 atom stereocenters. The summed E-state index contributed by atoms with van der Waals surface area (Å²) in [5.41, 5.74) is 5.05. The Kier molecular flexibility index (Phi) is 3.68. The third-order valence-corrected chi connectivity index (χ3v) is 3.93. The van der Waals surface area contributed by atoms with Crippen molar-refractivity contribution in [1.29, 1.82) is 0 Å². The molecule has 1 heterocycles. The van der Waals surface area contributed by atoms with Crippen molar-refractivity contribution < 1.29 is 14.7 Å². The molecule has 5 heteroatoms. The van der Waals surface area contributed by atoms with Crippen molar-refractivity contribution in [2.45, 2.75) is 34.6 Å². The van der Waals surface area contributed by atoms with Crippen LogP contribution in [0.25, 0.3) is 11.3 Å². The number of hydrogen-bond acceptors (Lipinski definition) is 3. The minimum Gasteiger partial charge on any atom is -0.478 e. The molecular weight excluding hydrogens is 268 g/mol. The van der Waals surface area contributed by atoms with Gasteiger partial charge in [-0.2, -0.15) is 0 Å². The molecule has 2 N–H and O–H groups in total. The van der Waals surface area contributed by atoms with E-state index >= 15 is 0 Å². The zero-order valence-electron chi connectivity index (χ0n) is 12.8. The van der Waals surface area contributed by atoms with Crippen molar-refractivity contribution in [1.82, 2.24) is 9.97 Å². The van der Waals surface area contributed by atoms with E-state index in [0.29, 0.717) is 5.69 Å². The van der Waals surface area contributed by atoms with Crippen LogP contribution in [0.1, 0.15) is 50.3 Å². The first-order valence-corrected chi connectivity index (χ1v) is 6.66. The van der Waals surface area contributed by atoms with Gasteiger partial charge in [-0.05, 0) is 50.5 Å². The van der Waals surface area contributed by atoms with Crippen LogP contribution in [-0.4, -0.2) is 26.8 Å². The first kappa shape index (κ1) is 15.0. The highest BCUT2D eigenvalue weighted by molar-refractivity contribution is 5.94. The molecule has 110 valence electrons. The van der Waals surface area contributed by atoms with Crippen LogP contribution in [0.15, 0.2) is 6.07 Å². The van der Waals surface area contributed by atoms with Gasteiger partial charge in [-0.15, -0.1) is 0 Å². The average Bonchev–Trinajstić information content (AvgIpc) is 2.78. The Morgan fingerprint density at radius 3 is 2.19 bits per heavy atom. The van der Waals surface area contributed by atoms with E-state index in [1.54, 1.807) is 13.0 Å². The molecule has 2 aromatic rings. The van der Waals surface area contributed by atoms with Gasteiger partial charge in [-0.1, -0.05) is 0 Å². The second kappa shape index (κ2) is 5.16. The zero-order chi connectivity index (χ0) is 15.9. The number of aryl methyl sites for hydroxylation is 1. The summed E-state index contributed by atoms with van der Waals surface area (Å²) in [6.07, 6.45) is 0. The molecule has 0 aliphatic heterocycles. The van der Waals surface area contributed by atoms with Crippen LogP contribution in [0.3, 0.4) is 0 Å². The average molecular weight is 286 g/mol. The van der Waals surface area contributed by atoms with Crippen LogP contribution in [0.2, 0.25) is 0 Å². The van der Waals surface area contributed by atoms with Crippen LogP contribution in [0, 0.1) is 27.7 Å². The number of aromatic amines is 1. The minimum absolute atomic E-state index is 0.149. The van der Waals surface area contributed by atoms with Gasteiger partial charge in [0.05, 0.1) is 11.3 Å². The van der Waals surface area contributed by atoms with Crippen LogP contribution in [0.4, 0.5) is 0 Å². The molecule has 2 rings (SSSR count). The van der Waals surface area contributed by atoms with Crippen LogP contribution < -0.4 is 0 Å². The summed E-state index contributed by atoms with van der Waals surface area (Å²) < 4.78 is 0. The zero-order valence-corrected chi connectivity index (χ0v) is 12.8. The SMILES string of the molecule is CC(=O)c1nc(-c2cc(C(=O)O)c(C)c(C)c2C)c(C)[nH]1. The number of Topliss-reactive ketones (excluding diaryl/α,β-unsaturated/α-hetero) is 1. The molecule has 0 aliphatic carbocycles. The fraction of sp³-hybridized carbons (Fsp3) is 0.312. The maximum Gasteiger partial charge on any atom is 0.335 e. The Bertz CT molecular complexity index is 757. The smallest absolute Gasteiger partial charge is 0.335 e. The van der Waals surface area contributed by atoms with Crippen molar-refractivity contribution in [3.05, 3.63) is 39.8 Å². The van der Waals surface area contributed by atoms with Gasteiger partial charge in [-0.3, -0.25) is 4.79 Å². The van der Waals surface area contributed by atoms with Crippen LogP contribution in [0.5, 0.6) is 0 Å². The van der Waals surface area contributed by atoms with Gasteiger partial charge in [0.25, 0.3) is 0 Å². The van der Waals surface area contributed by atoms with E-state index in [4.69, 9.17) is 0 Å². The number of imidazole rings is 1. The number of H-pyrrole nitrogens is 1. The molecular formula is C16H18N2O3. The third-order valence-electron chi connectivity index (χ3n) is 3.93. The summed E-state index contributed by atoms with van der Waals surface area (Å²) in [5, 5.41) is 9.33. The van der Waals surface area contributed by atoms with E-state index in [1.807, 2.05) is 20.8 Å². The number of aromatic carboxylic acids is 1. The van der Waals surface area contributed by atoms with E-state index in [-0.39, 0.29) is 17.2 Å². The summed E-state index contributed by atoms with van der Waals surface area (Å²) in [4.78, 5) is 30.1. The highest BCUT2D eigenvalue weighted by atomic mass is 16.4. The summed E-state index contributed by atoms with van der Waals surface area (Å²) in [7, 11) is 0. The van der Waals surface area contributed by atoms with E-state index in [9.17, 15) is 14.7 Å². The number of nitrogens with one attached hydrogen (secondary N) is 1. The van der Waals surface area contributed by atoms with Gasteiger partial charge in [0, 0.05) is 18.2 Å². The number of rotatable bonds is 3. The molecule has 0 saturated carbocycles. The van der Waals surface area contributed by atoms with Crippen LogP contribution in [-0.2, 0) is 0 Å². The third kappa shape index (κ3) is 2.46. The number of aromatic nitrogens is 2. The maximum absolute atomic E-state index is 11.4. The molecule has 0 spiro atoms. The standard InChI is InChI=1S/C16H18N2O3/c1-7-8(2)12(6-13(9(7)3)16(20)21)14-10(4)17-15(18-14)11(5)19/h6H,1-5H3,(H,17,18)(H,20,21). The molecule has 0 fully saturated rings. The highest BCUT2D eigenvalue weighted by Crippen LogP contribution is 2.31. The minimum atomic E-state index is -0.961. The fourth-order valence-electron chi connectivity index (χ4n) is 2.40. The molecule has 5 nitrogen and oxygen atoms in total. The quantitative estimate of drug-likeness (QED) is 0.849. The molecule has 0 unspecified atom stereocenters. The molecule has 21 heavy (non-hydrogen) atoms. The fourth-order valence-corrected chi connectivity index (χ4v) is 2.40. The Balaban J connectivity index is 2.75. The number of hydrogen-bond donors (Lipinski definition) is 2. The lowest BCUT2D eigenvalue weighted by atomic mass is 9.92. The maximum atomic E-state index is 11.4. The van der Waals surface area contributed by atoms with Crippen molar-refractivity contribution in [3.63, 3.8) is 0 Å². The van der Waals surface area contributed by atoms with E-state index in [2.05, 4.69) is 9.97 Å². The van der Waals surface area contributed by atoms with Gasteiger partial charge in [0.15, 0.2) is 11.6 Å². The van der Waals surface area contributed by atoms with Gasteiger partial charge in [-0.25, -0.2) is 9.78 Å². The van der Waals surface area contributed by atoms with E-state index in [0.717, 1.165) is 27.9 Å². The van der Waals surface area contributed by atoms with Gasteiger partial charge in [0.1, 0.15) is 0 Å². The second-order valence-electron chi connectivity index (χ2n) is 5.27. The van der Waals surface area contributed by atoms with Gasteiger partial charge >= 0.3 is 5.97 Å². The van der Waals surface area contributed by atoms with Crippen molar-refractivity contribution in [3.8, 4) is 11.3 Å². The lowest BCUT2D eigenvalue weighted by molar-refractivity contribution is 0.0695. The molecule has 0 saturated heterocycles. The highest BCUT2D eigenvalue weighted by Gasteiger charge is 2.19. The summed E-state index contributed by atoms with van der Waals surface area (Å²) in [5.74, 6) is -0.821. The predicted molar refractivity (Wildman–Crippen MR) is 79.9 cm³/mol. The Labute approximate surface area is 123 Å². The Morgan fingerprint density at radius 1 is 1.10 bits per heavy atom. The van der Waals surface area contributed by atoms with E-state index < -0.39 is 5.97 Å². The first-order valence-electron chi connectivity index (χ1n) is 6.66. The number of carboxylic acid groups (broad SMARTS) is 1. The molecule has 1 aromatic heterocycles. The van der Waals surface area contributed by atoms with Crippen LogP contribution >= 0.6 is 0 Å². The lowest BCUT2D eigenvalue weighted by Gasteiger charge is -2.13.